The Hall–Kier alpha value is -3.26. The van der Waals surface area contributed by atoms with Crippen molar-refractivity contribution in [2.24, 2.45) is 5.92 Å². The molecule has 160 valence electrons. The quantitative estimate of drug-likeness (QED) is 0.456. The molecule has 4 aromatic rings. The van der Waals surface area contributed by atoms with Crippen LogP contribution in [0.5, 0.6) is 0 Å². The van der Waals surface area contributed by atoms with E-state index >= 15 is 0 Å². The molecule has 0 spiro atoms. The number of hydrogen-bond acceptors (Lipinski definition) is 3. The molecule has 1 aliphatic heterocycles. The van der Waals surface area contributed by atoms with Gasteiger partial charge in [-0.25, -0.2) is 13.8 Å². The lowest BCUT2D eigenvalue weighted by atomic mass is 9.95. The van der Waals surface area contributed by atoms with Gasteiger partial charge in [0.25, 0.3) is 0 Å². The molecule has 3 N–H and O–H groups in total. The van der Waals surface area contributed by atoms with Crippen molar-refractivity contribution in [2.45, 2.75) is 25.9 Å². The average Bonchev–Trinajstić information content (AvgIpc) is 3.39. The Bertz CT molecular complexity index is 1200. The SMILES string of the molecule is O=C(NCc1nc2cc(F)c(F)cc2[nH]1)C1CCN(Cc2ccc3[nH]ccc3c2)CC1. The topological polar surface area (TPSA) is 76.8 Å². The van der Waals surface area contributed by atoms with Crippen LogP contribution in [0.1, 0.15) is 24.2 Å². The maximum Gasteiger partial charge on any atom is 0.223 e. The van der Waals surface area contributed by atoms with E-state index in [4.69, 9.17) is 0 Å². The van der Waals surface area contributed by atoms with Crippen molar-refractivity contribution in [3.63, 3.8) is 0 Å². The van der Waals surface area contributed by atoms with Crippen LogP contribution in [-0.2, 0) is 17.9 Å². The number of piperidine rings is 1. The number of carbonyl (C=O) groups is 1. The van der Waals surface area contributed by atoms with Crippen LogP contribution in [-0.4, -0.2) is 38.8 Å². The molecule has 0 unspecified atom stereocenters. The van der Waals surface area contributed by atoms with Crippen molar-refractivity contribution >= 4 is 27.8 Å². The van der Waals surface area contributed by atoms with Crippen LogP contribution in [0.15, 0.2) is 42.6 Å². The molecule has 2 aromatic heterocycles. The first kappa shape index (κ1) is 19.7. The molecule has 5 rings (SSSR count). The van der Waals surface area contributed by atoms with E-state index in [-0.39, 0.29) is 18.4 Å². The van der Waals surface area contributed by atoms with Crippen molar-refractivity contribution in [3.8, 4) is 0 Å². The largest absolute Gasteiger partial charge is 0.361 e. The minimum atomic E-state index is -0.936. The molecule has 2 aromatic carbocycles. The number of fused-ring (bicyclic) bond motifs is 2. The summed E-state index contributed by atoms with van der Waals surface area (Å²) in [6.07, 6.45) is 3.55. The Morgan fingerprint density at radius 1 is 1.10 bits per heavy atom. The van der Waals surface area contributed by atoms with Gasteiger partial charge in [-0.15, -0.1) is 0 Å². The van der Waals surface area contributed by atoms with Gasteiger partial charge in [-0.05, 0) is 55.1 Å². The van der Waals surface area contributed by atoms with Crippen LogP contribution in [0.3, 0.4) is 0 Å². The Kier molecular flexibility index (Phi) is 5.15. The Morgan fingerprint density at radius 2 is 1.90 bits per heavy atom. The first-order valence-corrected chi connectivity index (χ1v) is 10.4. The van der Waals surface area contributed by atoms with Crippen molar-refractivity contribution in [3.05, 3.63) is 65.6 Å². The standard InChI is InChI=1S/C23H23F2N5O/c24-17-10-20-21(11-18(17)25)29-22(28-20)12-27-23(31)15-4-7-30(8-5-15)13-14-1-2-19-16(9-14)3-6-26-19/h1-3,6,9-11,15,26H,4-5,7-8,12-13H2,(H,27,31)(H,28,29). The van der Waals surface area contributed by atoms with E-state index in [1.807, 2.05) is 6.20 Å². The molecule has 0 aliphatic carbocycles. The summed E-state index contributed by atoms with van der Waals surface area (Å²) in [4.78, 5) is 25.3. The highest BCUT2D eigenvalue weighted by atomic mass is 19.2. The van der Waals surface area contributed by atoms with Gasteiger partial charge in [-0.3, -0.25) is 9.69 Å². The number of aromatic amines is 2. The number of halogens is 2. The predicted octanol–water partition coefficient (Wildman–Crippen LogP) is 3.85. The molecule has 31 heavy (non-hydrogen) atoms. The molecule has 1 saturated heterocycles. The summed E-state index contributed by atoms with van der Waals surface area (Å²) >= 11 is 0. The zero-order chi connectivity index (χ0) is 21.4. The Balaban J connectivity index is 1.13. The average molecular weight is 423 g/mol. The van der Waals surface area contributed by atoms with E-state index in [2.05, 4.69) is 49.4 Å². The second-order valence-electron chi connectivity index (χ2n) is 8.13. The molecule has 8 heteroatoms. The van der Waals surface area contributed by atoms with Crippen molar-refractivity contribution in [1.29, 1.82) is 0 Å². The maximum absolute atomic E-state index is 13.3. The fraction of sp³-hybridized carbons (Fsp3) is 0.304. The number of benzene rings is 2. The fourth-order valence-electron chi connectivity index (χ4n) is 4.27. The zero-order valence-corrected chi connectivity index (χ0v) is 16.9. The predicted molar refractivity (Wildman–Crippen MR) is 114 cm³/mol. The molecule has 0 saturated carbocycles. The number of H-pyrrole nitrogens is 2. The van der Waals surface area contributed by atoms with Gasteiger partial charge in [0.2, 0.25) is 5.91 Å². The van der Waals surface area contributed by atoms with E-state index in [0.29, 0.717) is 16.9 Å². The summed E-state index contributed by atoms with van der Waals surface area (Å²) < 4.78 is 26.7. The summed E-state index contributed by atoms with van der Waals surface area (Å²) in [5, 5.41) is 4.11. The highest BCUT2D eigenvalue weighted by Gasteiger charge is 2.25. The van der Waals surface area contributed by atoms with Crippen LogP contribution in [0, 0.1) is 17.6 Å². The van der Waals surface area contributed by atoms with Gasteiger partial charge < -0.3 is 15.3 Å². The van der Waals surface area contributed by atoms with E-state index in [0.717, 1.165) is 50.1 Å². The number of imidazole rings is 1. The highest BCUT2D eigenvalue weighted by molar-refractivity contribution is 5.80. The number of likely N-dealkylation sites (tertiary alicyclic amines) is 1. The van der Waals surface area contributed by atoms with Crippen LogP contribution in [0.4, 0.5) is 8.78 Å². The third-order valence-corrected chi connectivity index (χ3v) is 5.99. The van der Waals surface area contributed by atoms with Gasteiger partial charge in [0.1, 0.15) is 5.82 Å². The fourth-order valence-corrected chi connectivity index (χ4v) is 4.27. The molecule has 6 nitrogen and oxygen atoms in total. The highest BCUT2D eigenvalue weighted by Crippen LogP contribution is 2.22. The van der Waals surface area contributed by atoms with E-state index in [1.165, 1.54) is 10.9 Å². The van der Waals surface area contributed by atoms with Crippen LogP contribution in [0.25, 0.3) is 21.9 Å². The number of aromatic nitrogens is 3. The van der Waals surface area contributed by atoms with E-state index < -0.39 is 11.6 Å². The van der Waals surface area contributed by atoms with Crippen molar-refractivity contribution < 1.29 is 13.6 Å². The lowest BCUT2D eigenvalue weighted by Gasteiger charge is -2.31. The molecule has 3 heterocycles. The third kappa shape index (κ3) is 4.16. The summed E-state index contributed by atoms with van der Waals surface area (Å²) in [6.45, 7) is 2.81. The smallest absolute Gasteiger partial charge is 0.223 e. The van der Waals surface area contributed by atoms with Gasteiger partial charge in [0.15, 0.2) is 11.6 Å². The van der Waals surface area contributed by atoms with E-state index in [9.17, 15) is 13.6 Å². The van der Waals surface area contributed by atoms with Crippen molar-refractivity contribution in [1.82, 2.24) is 25.2 Å². The minimum Gasteiger partial charge on any atom is -0.361 e. The van der Waals surface area contributed by atoms with Gasteiger partial charge in [-0.1, -0.05) is 6.07 Å². The molecule has 1 aliphatic rings. The monoisotopic (exact) mass is 423 g/mol. The number of amides is 1. The Morgan fingerprint density at radius 3 is 2.74 bits per heavy atom. The van der Waals surface area contributed by atoms with Crippen LogP contribution in [0.2, 0.25) is 0 Å². The minimum absolute atomic E-state index is 0.00814. The number of nitrogens with one attached hydrogen (secondary N) is 3. The first-order chi connectivity index (χ1) is 15.0. The molecule has 0 bridgehead atoms. The van der Waals surface area contributed by atoms with Gasteiger partial charge in [-0.2, -0.15) is 0 Å². The normalized spacial score (nSPS) is 15.7. The molecular weight excluding hydrogens is 400 g/mol. The molecular formula is C23H23F2N5O. The molecule has 1 amide bonds. The zero-order valence-electron chi connectivity index (χ0n) is 16.9. The van der Waals surface area contributed by atoms with Crippen LogP contribution < -0.4 is 5.32 Å². The molecule has 0 atom stereocenters. The first-order valence-electron chi connectivity index (χ1n) is 10.4. The summed E-state index contributed by atoms with van der Waals surface area (Å²) in [6, 6.07) is 10.6. The lowest BCUT2D eigenvalue weighted by molar-refractivity contribution is -0.126. The second kappa shape index (κ2) is 8.11. The second-order valence-corrected chi connectivity index (χ2v) is 8.13. The van der Waals surface area contributed by atoms with E-state index in [1.54, 1.807) is 0 Å². The molecule has 1 fully saturated rings. The van der Waals surface area contributed by atoms with Gasteiger partial charge in [0, 0.05) is 36.3 Å². The Labute approximate surface area is 177 Å². The summed E-state index contributed by atoms with van der Waals surface area (Å²) in [5.41, 5.74) is 3.16. The van der Waals surface area contributed by atoms with Crippen LogP contribution >= 0.6 is 0 Å². The molecule has 0 radical (unpaired) electrons. The van der Waals surface area contributed by atoms with Crippen molar-refractivity contribution in [2.75, 3.05) is 13.1 Å². The number of carbonyl (C=O) groups excluding carboxylic acids is 1. The summed E-state index contributed by atoms with van der Waals surface area (Å²) in [7, 11) is 0. The van der Waals surface area contributed by atoms with Gasteiger partial charge in [0.05, 0.1) is 17.6 Å². The maximum atomic E-state index is 13.3. The number of nitrogens with zero attached hydrogens (tertiary/aromatic N) is 2. The number of rotatable bonds is 5. The summed E-state index contributed by atoms with van der Waals surface area (Å²) in [5.74, 6) is -1.43. The third-order valence-electron chi connectivity index (χ3n) is 5.99. The number of hydrogen-bond donors (Lipinski definition) is 3. The van der Waals surface area contributed by atoms with Gasteiger partial charge >= 0.3 is 0 Å². The lowest BCUT2D eigenvalue weighted by Crippen LogP contribution is -2.40.